The Hall–Kier alpha value is -0.0800. The molecule has 4 bridgehead atoms. The number of ether oxygens (including phenoxy) is 1. The highest BCUT2D eigenvalue weighted by atomic mass is 16.5. The van der Waals surface area contributed by atoms with Crippen molar-refractivity contribution in [3.8, 4) is 0 Å². The van der Waals surface area contributed by atoms with Crippen molar-refractivity contribution in [2.45, 2.75) is 37.6 Å². The van der Waals surface area contributed by atoms with Gasteiger partial charge in [-0.05, 0) is 62.8 Å². The van der Waals surface area contributed by atoms with Crippen molar-refractivity contribution in [1.29, 1.82) is 0 Å². The van der Waals surface area contributed by atoms with Crippen molar-refractivity contribution in [1.82, 2.24) is 4.90 Å². The zero-order chi connectivity index (χ0) is 10.8. The van der Waals surface area contributed by atoms with Crippen LogP contribution in [0.15, 0.2) is 0 Å². The normalized spacial score (nSPS) is 56.1. The van der Waals surface area contributed by atoms with Crippen molar-refractivity contribution in [3.05, 3.63) is 0 Å². The van der Waals surface area contributed by atoms with Gasteiger partial charge in [-0.2, -0.15) is 0 Å². The van der Waals surface area contributed by atoms with E-state index < -0.39 is 0 Å². The van der Waals surface area contributed by atoms with Gasteiger partial charge in [0, 0.05) is 12.1 Å². The Morgan fingerprint density at radius 3 is 2.19 bits per heavy atom. The van der Waals surface area contributed by atoms with E-state index in [1.807, 2.05) is 0 Å². The first-order valence-corrected chi connectivity index (χ1v) is 7.08. The maximum atomic E-state index is 5.88. The molecular weight excluding hydrogens is 198 g/mol. The second-order valence-electron chi connectivity index (χ2n) is 6.77. The number of likely N-dealkylation sites (N-methyl/N-ethyl adjacent to an activating group) is 1. The van der Waals surface area contributed by atoms with Gasteiger partial charge < -0.3 is 4.74 Å². The quantitative estimate of drug-likeness (QED) is 0.621. The number of hydrogen-bond acceptors (Lipinski definition) is 2. The van der Waals surface area contributed by atoms with Crippen LogP contribution in [-0.2, 0) is 4.74 Å². The Morgan fingerprint density at radius 1 is 1.00 bits per heavy atom. The smallest absolute Gasteiger partial charge is 0.0656 e. The van der Waals surface area contributed by atoms with E-state index in [1.54, 1.807) is 6.42 Å². The molecule has 4 saturated carbocycles. The minimum atomic E-state index is 0.450. The molecule has 1 aliphatic heterocycles. The van der Waals surface area contributed by atoms with Crippen molar-refractivity contribution in [2.75, 3.05) is 26.8 Å². The third-order valence-electron chi connectivity index (χ3n) is 6.17. The average molecular weight is 221 g/mol. The Labute approximate surface area is 98.3 Å². The van der Waals surface area contributed by atoms with Gasteiger partial charge in [-0.1, -0.05) is 0 Å². The van der Waals surface area contributed by atoms with Crippen LogP contribution in [0, 0.1) is 23.7 Å². The Kier molecular flexibility index (Phi) is 2.00. The molecule has 0 atom stereocenters. The van der Waals surface area contributed by atoms with E-state index in [1.165, 1.54) is 25.7 Å². The molecule has 1 heterocycles. The molecule has 2 heteroatoms. The molecule has 5 fully saturated rings. The zero-order valence-electron chi connectivity index (χ0n) is 10.3. The molecule has 0 aromatic carbocycles. The Bertz CT molecular complexity index is 273. The van der Waals surface area contributed by atoms with Gasteiger partial charge in [0.15, 0.2) is 0 Å². The summed E-state index contributed by atoms with van der Waals surface area (Å²) in [6.07, 6.45) is 7.55. The molecular formula is C14H23NO. The van der Waals surface area contributed by atoms with Crippen molar-refractivity contribution < 1.29 is 4.74 Å². The minimum absolute atomic E-state index is 0.450. The molecule has 0 N–H and O–H groups in total. The number of rotatable bonds is 0. The maximum Gasteiger partial charge on any atom is 0.0656 e. The van der Waals surface area contributed by atoms with E-state index in [-0.39, 0.29) is 0 Å². The highest BCUT2D eigenvalue weighted by Gasteiger charge is 2.59. The van der Waals surface area contributed by atoms with Gasteiger partial charge in [-0.15, -0.1) is 0 Å². The monoisotopic (exact) mass is 221 g/mol. The van der Waals surface area contributed by atoms with E-state index in [0.29, 0.717) is 5.54 Å². The summed E-state index contributed by atoms with van der Waals surface area (Å²) in [5, 5.41) is 0. The van der Waals surface area contributed by atoms with Crippen LogP contribution in [0.1, 0.15) is 32.1 Å². The molecule has 1 spiro atoms. The molecule has 16 heavy (non-hydrogen) atoms. The molecule has 0 radical (unpaired) electrons. The van der Waals surface area contributed by atoms with Crippen LogP contribution in [0.3, 0.4) is 0 Å². The lowest BCUT2D eigenvalue weighted by molar-refractivity contribution is -0.185. The van der Waals surface area contributed by atoms with E-state index >= 15 is 0 Å². The summed E-state index contributed by atoms with van der Waals surface area (Å²) in [5.74, 6) is 4.05. The van der Waals surface area contributed by atoms with E-state index in [0.717, 1.165) is 43.4 Å². The molecule has 2 nitrogen and oxygen atoms in total. The van der Waals surface area contributed by atoms with Gasteiger partial charge in [0.2, 0.25) is 0 Å². The predicted octanol–water partition coefficient (Wildman–Crippen LogP) is 2.14. The van der Waals surface area contributed by atoms with Gasteiger partial charge in [0.05, 0.1) is 13.2 Å². The first kappa shape index (κ1) is 9.90. The van der Waals surface area contributed by atoms with Crippen LogP contribution < -0.4 is 0 Å². The number of hydrogen-bond donors (Lipinski definition) is 0. The summed E-state index contributed by atoms with van der Waals surface area (Å²) < 4.78 is 5.88. The van der Waals surface area contributed by atoms with Crippen LogP contribution in [0.2, 0.25) is 0 Å². The third-order valence-corrected chi connectivity index (χ3v) is 6.17. The molecule has 0 amide bonds. The average Bonchev–Trinajstić information content (AvgIpc) is 2.27. The highest BCUT2D eigenvalue weighted by molar-refractivity contribution is 5.12. The largest absolute Gasteiger partial charge is 0.378 e. The molecule has 5 rings (SSSR count). The van der Waals surface area contributed by atoms with Gasteiger partial charge in [-0.3, -0.25) is 4.90 Å². The third kappa shape index (κ3) is 1.10. The summed E-state index contributed by atoms with van der Waals surface area (Å²) in [6, 6.07) is 0. The molecule has 5 aliphatic rings. The van der Waals surface area contributed by atoms with E-state index in [2.05, 4.69) is 11.9 Å². The fraction of sp³-hybridized carbons (Fsp3) is 1.00. The first-order valence-electron chi connectivity index (χ1n) is 7.08. The van der Waals surface area contributed by atoms with Crippen LogP contribution in [0.5, 0.6) is 0 Å². The molecule has 0 unspecified atom stereocenters. The van der Waals surface area contributed by atoms with Gasteiger partial charge in [-0.25, -0.2) is 0 Å². The van der Waals surface area contributed by atoms with E-state index in [9.17, 15) is 0 Å². The lowest BCUT2D eigenvalue weighted by Gasteiger charge is -2.65. The molecule has 1 saturated heterocycles. The van der Waals surface area contributed by atoms with Crippen LogP contribution >= 0.6 is 0 Å². The standard InChI is InChI=1S/C14H23NO/c1-15-2-3-16-9-14(15)12-5-10-4-11(7-12)8-13(14)6-10/h10-13H,2-9H2,1H3. The van der Waals surface area contributed by atoms with Crippen LogP contribution in [0.4, 0.5) is 0 Å². The van der Waals surface area contributed by atoms with Gasteiger partial charge in [0.1, 0.15) is 0 Å². The van der Waals surface area contributed by atoms with Crippen LogP contribution in [0.25, 0.3) is 0 Å². The summed E-state index contributed by atoms with van der Waals surface area (Å²) >= 11 is 0. The van der Waals surface area contributed by atoms with Crippen molar-refractivity contribution in [2.24, 2.45) is 23.7 Å². The molecule has 90 valence electrons. The fourth-order valence-electron chi connectivity index (χ4n) is 5.61. The summed E-state index contributed by atoms with van der Waals surface area (Å²) in [4.78, 5) is 2.67. The first-order chi connectivity index (χ1) is 7.79. The van der Waals surface area contributed by atoms with E-state index in [4.69, 9.17) is 4.74 Å². The molecule has 0 aromatic rings. The number of nitrogens with zero attached hydrogens (tertiary/aromatic N) is 1. The van der Waals surface area contributed by atoms with Crippen molar-refractivity contribution in [3.63, 3.8) is 0 Å². The SMILES string of the molecule is CN1CCOCC12C1CC3CC(C1)CC2C3. The lowest BCUT2D eigenvalue weighted by atomic mass is 9.48. The second-order valence-corrected chi connectivity index (χ2v) is 6.77. The van der Waals surface area contributed by atoms with Gasteiger partial charge >= 0.3 is 0 Å². The van der Waals surface area contributed by atoms with Crippen molar-refractivity contribution >= 4 is 0 Å². The van der Waals surface area contributed by atoms with Crippen LogP contribution in [-0.4, -0.2) is 37.2 Å². The second kappa shape index (κ2) is 3.23. The Morgan fingerprint density at radius 2 is 1.62 bits per heavy atom. The lowest BCUT2D eigenvalue weighted by Crippen LogP contribution is -2.69. The summed E-state index contributed by atoms with van der Waals surface area (Å²) in [6.45, 7) is 3.13. The fourth-order valence-corrected chi connectivity index (χ4v) is 5.61. The summed E-state index contributed by atoms with van der Waals surface area (Å²) in [5.41, 5.74) is 0.450. The summed E-state index contributed by atoms with van der Waals surface area (Å²) in [7, 11) is 2.35. The van der Waals surface area contributed by atoms with Gasteiger partial charge in [0.25, 0.3) is 0 Å². The highest BCUT2D eigenvalue weighted by Crippen LogP contribution is 2.60. The molecule has 4 aliphatic carbocycles. The topological polar surface area (TPSA) is 12.5 Å². The minimum Gasteiger partial charge on any atom is -0.378 e. The Balaban J connectivity index is 1.72. The number of morpholine rings is 1. The zero-order valence-corrected chi connectivity index (χ0v) is 10.3. The molecule has 0 aromatic heterocycles. The predicted molar refractivity (Wildman–Crippen MR) is 63.2 cm³/mol. The maximum absolute atomic E-state index is 5.88.